The summed E-state index contributed by atoms with van der Waals surface area (Å²) < 4.78 is 39.6. The first-order valence-corrected chi connectivity index (χ1v) is 6.06. The van der Waals surface area contributed by atoms with Crippen LogP contribution in [0.5, 0.6) is 0 Å². The van der Waals surface area contributed by atoms with Crippen LogP contribution in [0.15, 0.2) is 18.2 Å². The van der Waals surface area contributed by atoms with Crippen molar-refractivity contribution in [3.63, 3.8) is 0 Å². The first-order valence-electron chi connectivity index (χ1n) is 5.68. The van der Waals surface area contributed by atoms with Gasteiger partial charge in [-0.25, -0.2) is 9.97 Å². The Morgan fingerprint density at radius 3 is 2.15 bits per heavy atom. The van der Waals surface area contributed by atoms with Gasteiger partial charge in [-0.05, 0) is 25.0 Å². The van der Waals surface area contributed by atoms with Crippen molar-refractivity contribution in [1.29, 1.82) is 0 Å². The molecule has 0 aliphatic carbocycles. The molecule has 7 heteroatoms. The molecule has 0 radical (unpaired) electrons. The highest BCUT2D eigenvalue weighted by atomic mass is 35.5. The van der Waals surface area contributed by atoms with Crippen LogP contribution in [0.2, 0.25) is 5.15 Å². The van der Waals surface area contributed by atoms with Crippen LogP contribution in [0.3, 0.4) is 0 Å². The van der Waals surface area contributed by atoms with Crippen LogP contribution in [0.4, 0.5) is 19.1 Å². The highest BCUT2D eigenvalue weighted by Crippen LogP contribution is 2.41. The minimum Gasteiger partial charge on any atom is -0.368 e. The number of aromatic nitrogens is 2. The second-order valence-electron chi connectivity index (χ2n) is 4.36. The van der Waals surface area contributed by atoms with Crippen molar-refractivity contribution in [2.75, 3.05) is 5.73 Å². The normalized spacial score (nSPS) is 11.7. The zero-order valence-electron chi connectivity index (χ0n) is 10.7. The number of nitrogens with zero attached hydrogens (tertiary/aromatic N) is 2. The van der Waals surface area contributed by atoms with Crippen molar-refractivity contribution < 1.29 is 13.2 Å². The number of hydrogen-bond donors (Lipinski definition) is 1. The van der Waals surface area contributed by atoms with E-state index in [-0.39, 0.29) is 11.6 Å². The van der Waals surface area contributed by atoms with E-state index in [0.29, 0.717) is 16.7 Å². The maximum atomic E-state index is 13.2. The fraction of sp³-hybridized carbons (Fsp3) is 0.231. The molecule has 0 fully saturated rings. The lowest BCUT2D eigenvalue weighted by atomic mass is 9.97. The van der Waals surface area contributed by atoms with Crippen LogP contribution in [0.1, 0.15) is 16.7 Å². The molecule has 0 unspecified atom stereocenters. The minimum atomic E-state index is -4.66. The van der Waals surface area contributed by atoms with Crippen molar-refractivity contribution in [3.05, 3.63) is 40.0 Å². The second-order valence-corrected chi connectivity index (χ2v) is 4.72. The first kappa shape index (κ1) is 14.6. The van der Waals surface area contributed by atoms with Gasteiger partial charge >= 0.3 is 6.18 Å². The van der Waals surface area contributed by atoms with Crippen LogP contribution in [0.25, 0.3) is 11.3 Å². The third kappa shape index (κ3) is 2.56. The summed E-state index contributed by atoms with van der Waals surface area (Å²) >= 11 is 5.62. The number of benzene rings is 1. The highest BCUT2D eigenvalue weighted by Gasteiger charge is 2.39. The lowest BCUT2D eigenvalue weighted by molar-refractivity contribution is -0.137. The quantitative estimate of drug-likeness (QED) is 0.810. The number of hydrogen-bond acceptors (Lipinski definition) is 3. The summed E-state index contributed by atoms with van der Waals surface area (Å²) in [7, 11) is 0. The molecule has 0 spiro atoms. The largest absolute Gasteiger partial charge is 0.421 e. The maximum Gasteiger partial charge on any atom is 0.421 e. The fourth-order valence-electron chi connectivity index (χ4n) is 2.07. The Labute approximate surface area is 118 Å². The number of anilines is 1. The minimum absolute atomic E-state index is 0.286. The van der Waals surface area contributed by atoms with E-state index in [1.165, 1.54) is 0 Å². The monoisotopic (exact) mass is 301 g/mol. The van der Waals surface area contributed by atoms with Gasteiger partial charge in [0.2, 0.25) is 5.95 Å². The molecule has 20 heavy (non-hydrogen) atoms. The Morgan fingerprint density at radius 1 is 1.10 bits per heavy atom. The molecule has 0 saturated carbocycles. The summed E-state index contributed by atoms with van der Waals surface area (Å²) in [6.45, 7) is 3.41. The average molecular weight is 302 g/mol. The molecule has 0 atom stereocenters. The molecule has 0 aliphatic heterocycles. The van der Waals surface area contributed by atoms with Crippen molar-refractivity contribution in [2.24, 2.45) is 0 Å². The molecule has 0 bridgehead atoms. The highest BCUT2D eigenvalue weighted by molar-refractivity contribution is 6.30. The van der Waals surface area contributed by atoms with Gasteiger partial charge in [0.05, 0.1) is 5.69 Å². The number of rotatable bonds is 1. The molecule has 1 aromatic heterocycles. The van der Waals surface area contributed by atoms with Crippen molar-refractivity contribution in [2.45, 2.75) is 20.0 Å². The van der Waals surface area contributed by atoms with Crippen LogP contribution in [-0.4, -0.2) is 9.97 Å². The lowest BCUT2D eigenvalue weighted by Gasteiger charge is -2.16. The summed E-state index contributed by atoms with van der Waals surface area (Å²) in [6, 6.07) is 5.16. The lowest BCUT2D eigenvalue weighted by Crippen LogP contribution is -2.13. The van der Waals surface area contributed by atoms with Crippen LogP contribution >= 0.6 is 11.6 Å². The van der Waals surface area contributed by atoms with Gasteiger partial charge in [-0.1, -0.05) is 29.8 Å². The van der Waals surface area contributed by atoms with Crippen LogP contribution in [-0.2, 0) is 6.18 Å². The number of nitrogens with two attached hydrogens (primary N) is 1. The van der Waals surface area contributed by atoms with E-state index < -0.39 is 16.9 Å². The van der Waals surface area contributed by atoms with E-state index in [2.05, 4.69) is 9.97 Å². The fourth-order valence-corrected chi connectivity index (χ4v) is 2.35. The summed E-state index contributed by atoms with van der Waals surface area (Å²) in [4.78, 5) is 7.15. The van der Waals surface area contributed by atoms with Gasteiger partial charge in [-0.15, -0.1) is 0 Å². The molecule has 0 amide bonds. The van der Waals surface area contributed by atoms with Gasteiger partial charge in [0, 0.05) is 5.56 Å². The molecule has 0 aliphatic rings. The summed E-state index contributed by atoms with van der Waals surface area (Å²) in [6.07, 6.45) is -4.66. The molecule has 2 N–H and O–H groups in total. The van der Waals surface area contributed by atoms with Gasteiger partial charge < -0.3 is 5.73 Å². The molecular formula is C13H11ClF3N3. The van der Waals surface area contributed by atoms with Gasteiger partial charge in [0.15, 0.2) is 0 Å². The Morgan fingerprint density at radius 2 is 1.65 bits per heavy atom. The zero-order valence-corrected chi connectivity index (χ0v) is 11.5. The molecule has 1 aromatic carbocycles. The SMILES string of the molecule is Cc1cccc(C)c1-c1nc(N)nc(Cl)c1C(F)(F)F. The number of halogens is 4. The van der Waals surface area contributed by atoms with E-state index in [0.717, 1.165) is 0 Å². The number of alkyl halides is 3. The van der Waals surface area contributed by atoms with Crippen molar-refractivity contribution in [3.8, 4) is 11.3 Å². The molecule has 1 heterocycles. The first-order chi connectivity index (χ1) is 9.21. The summed E-state index contributed by atoms with van der Waals surface area (Å²) in [5, 5.41) is -0.692. The summed E-state index contributed by atoms with van der Waals surface area (Å²) in [5.41, 5.74) is 5.77. The van der Waals surface area contributed by atoms with Gasteiger partial charge in [0.25, 0.3) is 0 Å². The predicted octanol–water partition coefficient (Wildman–Crippen LogP) is 4.01. The molecule has 0 saturated heterocycles. The zero-order chi connectivity index (χ0) is 15.1. The third-order valence-electron chi connectivity index (χ3n) is 2.88. The Kier molecular flexibility index (Phi) is 3.60. The number of nitrogen functional groups attached to an aromatic ring is 1. The third-order valence-corrected chi connectivity index (χ3v) is 3.16. The Balaban J connectivity index is 2.87. The van der Waals surface area contributed by atoms with E-state index >= 15 is 0 Å². The van der Waals surface area contributed by atoms with Crippen LogP contribution in [0, 0.1) is 13.8 Å². The smallest absolute Gasteiger partial charge is 0.368 e. The number of aryl methyl sites for hydroxylation is 2. The Bertz CT molecular complexity index is 648. The van der Waals surface area contributed by atoms with E-state index in [4.69, 9.17) is 17.3 Å². The standard InChI is InChI=1S/C13H11ClF3N3/c1-6-4-3-5-7(2)8(6)10-9(13(15,16)17)11(14)20-12(18)19-10/h3-5H,1-2H3,(H2,18,19,20). The maximum absolute atomic E-state index is 13.2. The van der Waals surface area contributed by atoms with E-state index in [9.17, 15) is 13.2 Å². The predicted molar refractivity (Wildman–Crippen MR) is 71.4 cm³/mol. The molecule has 2 aromatic rings. The molecular weight excluding hydrogens is 291 g/mol. The van der Waals surface area contributed by atoms with Crippen LogP contribution < -0.4 is 5.73 Å². The van der Waals surface area contributed by atoms with E-state index in [1.807, 2.05) is 0 Å². The van der Waals surface area contributed by atoms with Gasteiger partial charge in [-0.2, -0.15) is 13.2 Å². The van der Waals surface area contributed by atoms with Crippen molar-refractivity contribution >= 4 is 17.5 Å². The second kappa shape index (κ2) is 4.94. The molecule has 2 rings (SSSR count). The van der Waals surface area contributed by atoms with Gasteiger partial charge in [-0.3, -0.25) is 0 Å². The van der Waals surface area contributed by atoms with E-state index in [1.54, 1.807) is 32.0 Å². The molecule has 3 nitrogen and oxygen atoms in total. The topological polar surface area (TPSA) is 51.8 Å². The Hall–Kier alpha value is -1.82. The van der Waals surface area contributed by atoms with Crippen molar-refractivity contribution in [1.82, 2.24) is 9.97 Å². The average Bonchev–Trinajstić information content (AvgIpc) is 2.25. The molecule has 106 valence electrons. The summed E-state index contributed by atoms with van der Waals surface area (Å²) in [5.74, 6) is -0.291. The van der Waals surface area contributed by atoms with Gasteiger partial charge in [0.1, 0.15) is 10.7 Å².